The first-order valence-electron chi connectivity index (χ1n) is 12.9. The molecule has 2 atom stereocenters. The lowest BCUT2D eigenvalue weighted by Crippen LogP contribution is -2.56. The molecule has 200 valence electrons. The van der Waals surface area contributed by atoms with Crippen LogP contribution in [0, 0.1) is 5.92 Å². The molecule has 3 aliphatic rings. The number of carbonyl (C=O) groups is 4. The second-order valence-corrected chi connectivity index (χ2v) is 10.5. The van der Waals surface area contributed by atoms with E-state index in [4.69, 9.17) is 4.74 Å². The van der Waals surface area contributed by atoms with Crippen molar-refractivity contribution >= 4 is 29.5 Å². The van der Waals surface area contributed by atoms with Crippen LogP contribution in [0.25, 0.3) is 0 Å². The number of ketones is 1. The van der Waals surface area contributed by atoms with Crippen LogP contribution in [0.4, 0.5) is 15.3 Å². The molecule has 10 nitrogen and oxygen atoms in total. The monoisotopic (exact) mass is 519 g/mol. The Morgan fingerprint density at radius 2 is 1.89 bits per heavy atom. The molecule has 4 amide bonds. The number of urea groups is 1. The average molecular weight is 520 g/mol. The van der Waals surface area contributed by atoms with Crippen LogP contribution in [0.15, 0.2) is 48.5 Å². The number of benzene rings is 2. The molecule has 2 N–H and O–H groups in total. The lowest BCUT2D eigenvalue weighted by Gasteiger charge is -2.44. The molecule has 5 rings (SSSR count). The Balaban J connectivity index is 1.33. The van der Waals surface area contributed by atoms with E-state index in [1.54, 1.807) is 18.2 Å². The molecule has 0 radical (unpaired) electrons. The maximum absolute atomic E-state index is 13.7. The topological polar surface area (TPSA) is 111 Å². The molecule has 2 saturated heterocycles. The Hall–Kier alpha value is -3.92. The highest BCUT2D eigenvalue weighted by Gasteiger charge is 2.54. The highest BCUT2D eigenvalue weighted by atomic mass is 16.6. The van der Waals surface area contributed by atoms with E-state index in [0.717, 1.165) is 18.7 Å². The minimum Gasteiger partial charge on any atom is -0.435 e. The van der Waals surface area contributed by atoms with Crippen LogP contribution in [0.1, 0.15) is 34.8 Å². The van der Waals surface area contributed by atoms with Crippen molar-refractivity contribution in [3.8, 4) is 0 Å². The fourth-order valence-corrected chi connectivity index (χ4v) is 5.68. The van der Waals surface area contributed by atoms with Crippen molar-refractivity contribution in [3.05, 3.63) is 65.2 Å². The van der Waals surface area contributed by atoms with Gasteiger partial charge in [0.1, 0.15) is 6.54 Å². The lowest BCUT2D eigenvalue weighted by molar-refractivity contribution is -0.137. The number of nitrogens with one attached hydrogen (secondary N) is 2. The van der Waals surface area contributed by atoms with E-state index >= 15 is 0 Å². The Labute approximate surface area is 221 Å². The summed E-state index contributed by atoms with van der Waals surface area (Å²) in [6.07, 6.45) is -0.608. The van der Waals surface area contributed by atoms with Crippen molar-refractivity contribution < 1.29 is 23.9 Å². The molecule has 2 unspecified atom stereocenters. The van der Waals surface area contributed by atoms with Gasteiger partial charge in [0.2, 0.25) is 5.91 Å². The third-order valence-corrected chi connectivity index (χ3v) is 7.84. The zero-order valence-electron chi connectivity index (χ0n) is 21.9. The molecule has 0 bridgehead atoms. The molecule has 2 heterocycles. The third-order valence-electron chi connectivity index (χ3n) is 7.84. The van der Waals surface area contributed by atoms with Crippen molar-refractivity contribution in [1.82, 2.24) is 20.0 Å². The summed E-state index contributed by atoms with van der Waals surface area (Å²) in [6.45, 7) is 4.35. The fraction of sp³-hybridized carbons (Fsp3) is 0.429. The number of nitrogens with zero attached hydrogens (tertiary/aromatic N) is 3. The molecule has 1 aliphatic carbocycles. The molecular formula is C28H33N5O5. The number of fused-ring (bicyclic) bond motifs is 2. The summed E-state index contributed by atoms with van der Waals surface area (Å²) in [5, 5.41) is 5.13. The van der Waals surface area contributed by atoms with E-state index in [1.807, 2.05) is 35.2 Å². The van der Waals surface area contributed by atoms with Gasteiger partial charge in [0.15, 0.2) is 11.4 Å². The van der Waals surface area contributed by atoms with Gasteiger partial charge >= 0.3 is 12.1 Å². The summed E-state index contributed by atoms with van der Waals surface area (Å²) in [4.78, 5) is 56.7. The number of likely N-dealkylation sites (tertiary alicyclic amines) is 1. The minimum atomic E-state index is -1.14. The maximum Gasteiger partial charge on any atom is 0.411 e. The van der Waals surface area contributed by atoms with Crippen LogP contribution >= 0.6 is 0 Å². The van der Waals surface area contributed by atoms with Gasteiger partial charge in [-0.1, -0.05) is 36.4 Å². The number of rotatable bonds is 7. The smallest absolute Gasteiger partial charge is 0.411 e. The molecule has 2 aromatic carbocycles. The molecule has 38 heavy (non-hydrogen) atoms. The molecule has 0 aromatic heterocycles. The molecule has 2 aliphatic heterocycles. The second-order valence-electron chi connectivity index (χ2n) is 10.5. The summed E-state index contributed by atoms with van der Waals surface area (Å²) < 4.78 is 5.80. The first-order chi connectivity index (χ1) is 18.2. The van der Waals surface area contributed by atoms with Crippen molar-refractivity contribution in [1.29, 1.82) is 0 Å². The predicted octanol–water partition coefficient (Wildman–Crippen LogP) is 2.65. The van der Waals surface area contributed by atoms with Gasteiger partial charge in [0.25, 0.3) is 0 Å². The molecule has 0 saturated carbocycles. The van der Waals surface area contributed by atoms with E-state index < -0.39 is 17.7 Å². The van der Waals surface area contributed by atoms with Crippen molar-refractivity contribution in [3.63, 3.8) is 0 Å². The Bertz CT molecular complexity index is 1260. The summed E-state index contributed by atoms with van der Waals surface area (Å²) >= 11 is 0. The number of amides is 4. The SMILES string of the molecule is CNC(=O)Nc1ccc2c(c1)C(=O)CC21CN(CC(=O)N(Cc2ccccc2)C(C)C2CN(C)C2)C(=O)O1. The Morgan fingerprint density at radius 3 is 2.58 bits per heavy atom. The van der Waals surface area contributed by atoms with Gasteiger partial charge in [0.05, 0.1) is 13.0 Å². The van der Waals surface area contributed by atoms with Crippen molar-refractivity contribution in [2.75, 3.05) is 45.6 Å². The molecule has 2 fully saturated rings. The number of Topliss-reactive ketones (excluding diaryl/α,β-unsaturated/α-hetero) is 1. The second kappa shape index (κ2) is 10.1. The van der Waals surface area contributed by atoms with Gasteiger partial charge < -0.3 is 25.2 Å². The molecule has 10 heteroatoms. The van der Waals surface area contributed by atoms with Gasteiger partial charge in [-0.15, -0.1) is 0 Å². The van der Waals surface area contributed by atoms with Crippen LogP contribution in [-0.2, 0) is 21.7 Å². The first-order valence-corrected chi connectivity index (χ1v) is 12.9. The van der Waals surface area contributed by atoms with E-state index in [0.29, 0.717) is 29.3 Å². The summed E-state index contributed by atoms with van der Waals surface area (Å²) in [6, 6.07) is 14.4. The number of hydrogen-bond donors (Lipinski definition) is 2. The van der Waals surface area contributed by atoms with Crippen LogP contribution in [0.3, 0.4) is 0 Å². The van der Waals surface area contributed by atoms with Crippen molar-refractivity contribution in [2.45, 2.75) is 31.5 Å². The Morgan fingerprint density at radius 1 is 1.16 bits per heavy atom. The van der Waals surface area contributed by atoms with Gasteiger partial charge in [0, 0.05) is 55.5 Å². The van der Waals surface area contributed by atoms with E-state index in [9.17, 15) is 19.2 Å². The van der Waals surface area contributed by atoms with Crippen molar-refractivity contribution in [2.24, 2.45) is 5.92 Å². The number of anilines is 1. The van der Waals surface area contributed by atoms with E-state index in [-0.39, 0.29) is 37.2 Å². The predicted molar refractivity (Wildman–Crippen MR) is 141 cm³/mol. The average Bonchev–Trinajstić information content (AvgIpc) is 3.33. The summed E-state index contributed by atoms with van der Waals surface area (Å²) in [7, 11) is 3.56. The summed E-state index contributed by atoms with van der Waals surface area (Å²) in [5.74, 6) is 0.0380. The number of hydrogen-bond acceptors (Lipinski definition) is 6. The van der Waals surface area contributed by atoms with Crippen LogP contribution in [0.2, 0.25) is 0 Å². The maximum atomic E-state index is 13.7. The van der Waals surface area contributed by atoms with Gasteiger partial charge in [-0.3, -0.25) is 14.5 Å². The lowest BCUT2D eigenvalue weighted by atomic mass is 9.91. The van der Waals surface area contributed by atoms with Gasteiger partial charge in [-0.05, 0) is 31.7 Å². The molecule has 1 spiro atoms. The minimum absolute atomic E-state index is 0.000727. The number of carbonyl (C=O) groups excluding carboxylic acids is 4. The quantitative estimate of drug-likeness (QED) is 0.582. The standard InChI is InChI=1S/C28H33N5O5/c1-18(20-14-31(3)15-20)33(13-19-7-5-4-6-8-19)25(35)16-32-17-28(38-27(32)37)12-24(34)22-11-21(9-10-23(22)28)30-26(36)29-2/h4-11,18,20H,12-17H2,1-3H3,(H2,29,30,36). The normalized spacial score (nSPS) is 21.6. The van der Waals surface area contributed by atoms with Crippen LogP contribution in [0.5, 0.6) is 0 Å². The molecule has 2 aromatic rings. The highest BCUT2D eigenvalue weighted by Crippen LogP contribution is 2.45. The fourth-order valence-electron chi connectivity index (χ4n) is 5.68. The van der Waals surface area contributed by atoms with Gasteiger partial charge in [-0.25, -0.2) is 9.59 Å². The third kappa shape index (κ3) is 4.83. The van der Waals surface area contributed by atoms with E-state index in [1.165, 1.54) is 11.9 Å². The highest BCUT2D eigenvalue weighted by molar-refractivity contribution is 6.04. The number of ether oxygens (including phenoxy) is 1. The largest absolute Gasteiger partial charge is 0.435 e. The first kappa shape index (κ1) is 25.7. The summed E-state index contributed by atoms with van der Waals surface area (Å²) in [5.41, 5.74) is 1.37. The zero-order valence-corrected chi connectivity index (χ0v) is 21.9. The van der Waals surface area contributed by atoms with E-state index in [2.05, 4.69) is 29.5 Å². The van der Waals surface area contributed by atoms with Crippen LogP contribution < -0.4 is 10.6 Å². The van der Waals surface area contributed by atoms with Crippen LogP contribution in [-0.4, -0.2) is 84.8 Å². The molecular weight excluding hydrogens is 486 g/mol. The zero-order chi connectivity index (χ0) is 27.0. The Kier molecular flexibility index (Phi) is 6.83. The van der Waals surface area contributed by atoms with Gasteiger partial charge in [-0.2, -0.15) is 0 Å².